The second kappa shape index (κ2) is 7.33. The molecule has 6 heteroatoms. The van der Waals surface area contributed by atoms with Crippen LogP contribution in [0.25, 0.3) is 11.0 Å². The Morgan fingerprint density at radius 1 is 1.12 bits per heavy atom. The number of nitrogens with one attached hydrogen (secondary N) is 1. The largest absolute Gasteiger partial charge is 0.423 e. The molecule has 32 heavy (non-hydrogen) atoms. The van der Waals surface area contributed by atoms with Gasteiger partial charge in [-0.25, -0.2) is 9.59 Å². The van der Waals surface area contributed by atoms with Gasteiger partial charge in [0, 0.05) is 11.5 Å². The van der Waals surface area contributed by atoms with Crippen LogP contribution < -0.4 is 10.9 Å². The van der Waals surface area contributed by atoms with Crippen LogP contribution in [0.3, 0.4) is 0 Å². The normalized spacial score (nSPS) is 20.3. The molecule has 0 bridgehead atoms. The zero-order valence-electron chi connectivity index (χ0n) is 18.5. The Kier molecular flexibility index (Phi) is 4.69. The third-order valence-electron chi connectivity index (χ3n) is 6.82. The van der Waals surface area contributed by atoms with Crippen LogP contribution in [0.1, 0.15) is 60.4 Å². The molecule has 164 valence electrons. The Hall–Kier alpha value is -3.41. The van der Waals surface area contributed by atoms with Crippen LogP contribution in [0.2, 0.25) is 0 Å². The lowest BCUT2D eigenvalue weighted by atomic mass is 9.76. The Morgan fingerprint density at radius 3 is 2.69 bits per heavy atom. The van der Waals surface area contributed by atoms with Crippen LogP contribution in [0.4, 0.5) is 4.79 Å². The standard InChI is InChI=1S/C26H26N2O4/c1-15(2)19-13-20-18(12-23(29)32-22(20)11-16(19)3)14-28-24(30)26(27-25(28)31)10-6-8-17-7-4-5-9-21(17)26/h4-5,7,9,11-13,15H,6,8,10,14H2,1-3H3,(H,27,31)/t26-/m0/s1. The number of fused-ring (bicyclic) bond motifs is 3. The summed E-state index contributed by atoms with van der Waals surface area (Å²) in [6, 6.07) is 12.6. The fraction of sp³-hybridized carbons (Fsp3) is 0.346. The van der Waals surface area contributed by atoms with Crippen LogP contribution in [0.15, 0.2) is 51.7 Å². The molecule has 5 rings (SSSR count). The third kappa shape index (κ3) is 3.05. The number of nitrogens with zero attached hydrogens (tertiary/aromatic N) is 1. The quantitative estimate of drug-likeness (QED) is 0.490. The molecule has 1 saturated heterocycles. The van der Waals surface area contributed by atoms with E-state index in [1.165, 1.54) is 11.0 Å². The van der Waals surface area contributed by atoms with E-state index in [1.807, 2.05) is 43.3 Å². The topological polar surface area (TPSA) is 79.6 Å². The maximum absolute atomic E-state index is 13.7. The summed E-state index contributed by atoms with van der Waals surface area (Å²) in [4.78, 5) is 40.2. The number of imide groups is 1. The Morgan fingerprint density at radius 2 is 1.91 bits per heavy atom. The van der Waals surface area contributed by atoms with Gasteiger partial charge >= 0.3 is 11.7 Å². The predicted molar refractivity (Wildman–Crippen MR) is 121 cm³/mol. The van der Waals surface area contributed by atoms with Crippen LogP contribution in [0, 0.1) is 6.92 Å². The van der Waals surface area contributed by atoms with E-state index in [0.717, 1.165) is 40.5 Å². The van der Waals surface area contributed by atoms with E-state index in [2.05, 4.69) is 19.2 Å². The molecule has 1 aromatic heterocycles. The Balaban J connectivity index is 1.58. The van der Waals surface area contributed by atoms with Crippen molar-refractivity contribution in [2.75, 3.05) is 0 Å². The lowest BCUT2D eigenvalue weighted by Gasteiger charge is -2.33. The van der Waals surface area contributed by atoms with Gasteiger partial charge in [0.05, 0.1) is 6.54 Å². The van der Waals surface area contributed by atoms with Crippen molar-refractivity contribution in [2.45, 2.75) is 58.0 Å². The average molecular weight is 431 g/mol. The van der Waals surface area contributed by atoms with Crippen molar-refractivity contribution in [3.63, 3.8) is 0 Å². The molecule has 3 amide bonds. The van der Waals surface area contributed by atoms with E-state index < -0.39 is 17.2 Å². The number of hydrogen-bond acceptors (Lipinski definition) is 4. The summed E-state index contributed by atoms with van der Waals surface area (Å²) < 4.78 is 5.43. The van der Waals surface area contributed by atoms with Crippen molar-refractivity contribution in [3.8, 4) is 0 Å². The first kappa shape index (κ1) is 20.5. The Bertz CT molecular complexity index is 1320. The molecule has 1 aliphatic carbocycles. The SMILES string of the molecule is Cc1cc2oc(=O)cc(CN3C(=O)N[C@]4(CCCc5ccccc54)C3=O)c2cc1C(C)C. The molecular formula is C26H26N2O4. The smallest absolute Gasteiger partial charge is 0.336 e. The second-order valence-electron chi connectivity index (χ2n) is 9.19. The predicted octanol–water partition coefficient (Wildman–Crippen LogP) is 4.51. The summed E-state index contributed by atoms with van der Waals surface area (Å²) in [5, 5.41) is 3.74. The zero-order chi connectivity index (χ0) is 22.6. The van der Waals surface area contributed by atoms with Crippen molar-refractivity contribution >= 4 is 22.9 Å². The zero-order valence-corrected chi connectivity index (χ0v) is 18.5. The minimum atomic E-state index is -1.03. The van der Waals surface area contributed by atoms with Gasteiger partial charge in [-0.1, -0.05) is 38.1 Å². The summed E-state index contributed by atoms with van der Waals surface area (Å²) in [6.07, 6.45) is 2.29. The summed E-state index contributed by atoms with van der Waals surface area (Å²) in [6.45, 7) is 6.23. The van der Waals surface area contributed by atoms with Gasteiger partial charge in [-0.3, -0.25) is 9.69 Å². The first-order valence-corrected chi connectivity index (χ1v) is 11.1. The molecule has 0 radical (unpaired) electrons. The molecule has 1 spiro atoms. The number of benzene rings is 2. The van der Waals surface area contributed by atoms with Gasteiger partial charge < -0.3 is 9.73 Å². The van der Waals surface area contributed by atoms with Crippen LogP contribution in [-0.2, 0) is 23.3 Å². The number of urea groups is 1. The average Bonchev–Trinajstić information content (AvgIpc) is 2.98. The van der Waals surface area contributed by atoms with Gasteiger partial charge in [0.25, 0.3) is 5.91 Å². The summed E-state index contributed by atoms with van der Waals surface area (Å²) in [5.41, 5.74) is 3.72. The number of rotatable bonds is 3. The molecule has 6 nitrogen and oxygen atoms in total. The van der Waals surface area contributed by atoms with Crippen molar-refractivity contribution in [1.29, 1.82) is 0 Å². The molecule has 0 saturated carbocycles. The lowest BCUT2D eigenvalue weighted by Crippen LogP contribution is -2.46. The van der Waals surface area contributed by atoms with E-state index >= 15 is 0 Å². The molecule has 2 aromatic carbocycles. The van der Waals surface area contributed by atoms with Gasteiger partial charge in [0.15, 0.2) is 0 Å². The van der Waals surface area contributed by atoms with E-state index in [0.29, 0.717) is 17.6 Å². The third-order valence-corrected chi connectivity index (χ3v) is 6.82. The molecule has 1 N–H and O–H groups in total. The van der Waals surface area contributed by atoms with Crippen molar-refractivity contribution < 1.29 is 14.0 Å². The second-order valence-corrected chi connectivity index (χ2v) is 9.19. The summed E-state index contributed by atoms with van der Waals surface area (Å²) >= 11 is 0. The van der Waals surface area contributed by atoms with Crippen LogP contribution >= 0.6 is 0 Å². The molecule has 0 unspecified atom stereocenters. The first-order chi connectivity index (χ1) is 15.3. The van der Waals surface area contributed by atoms with Crippen molar-refractivity contribution in [3.05, 3.63) is 80.7 Å². The number of carbonyl (C=O) groups excluding carboxylic acids is 2. The first-order valence-electron chi connectivity index (χ1n) is 11.1. The minimum absolute atomic E-state index is 0.0251. The highest BCUT2D eigenvalue weighted by Gasteiger charge is 2.53. The van der Waals surface area contributed by atoms with Gasteiger partial charge in [-0.2, -0.15) is 0 Å². The maximum atomic E-state index is 13.7. The van der Waals surface area contributed by atoms with E-state index in [-0.39, 0.29) is 18.4 Å². The monoisotopic (exact) mass is 430 g/mol. The maximum Gasteiger partial charge on any atom is 0.336 e. The summed E-state index contributed by atoms with van der Waals surface area (Å²) in [5.74, 6) is 0.0325. The number of carbonyl (C=O) groups is 2. The summed E-state index contributed by atoms with van der Waals surface area (Å²) in [7, 11) is 0. The molecular weight excluding hydrogens is 404 g/mol. The highest BCUT2D eigenvalue weighted by atomic mass is 16.4. The number of aryl methyl sites for hydroxylation is 2. The van der Waals surface area contributed by atoms with Crippen LogP contribution in [0.5, 0.6) is 0 Å². The van der Waals surface area contributed by atoms with Gasteiger partial charge in [-0.15, -0.1) is 0 Å². The van der Waals surface area contributed by atoms with Crippen molar-refractivity contribution in [1.82, 2.24) is 10.2 Å². The molecule has 1 aliphatic heterocycles. The van der Waals surface area contributed by atoms with Gasteiger partial charge in [0.1, 0.15) is 11.1 Å². The highest BCUT2D eigenvalue weighted by molar-refractivity contribution is 6.08. The van der Waals surface area contributed by atoms with E-state index in [1.54, 1.807) is 0 Å². The highest BCUT2D eigenvalue weighted by Crippen LogP contribution is 2.40. The number of amides is 3. The fourth-order valence-corrected chi connectivity index (χ4v) is 5.27. The Labute approximate surface area is 186 Å². The van der Waals surface area contributed by atoms with E-state index in [4.69, 9.17) is 4.42 Å². The molecule has 2 heterocycles. The number of hydrogen-bond donors (Lipinski definition) is 1. The van der Waals surface area contributed by atoms with Crippen molar-refractivity contribution in [2.24, 2.45) is 0 Å². The fourth-order valence-electron chi connectivity index (χ4n) is 5.27. The van der Waals surface area contributed by atoms with Gasteiger partial charge in [-0.05, 0) is 72.1 Å². The van der Waals surface area contributed by atoms with E-state index in [9.17, 15) is 14.4 Å². The van der Waals surface area contributed by atoms with Gasteiger partial charge in [0.2, 0.25) is 0 Å². The molecule has 1 fully saturated rings. The lowest BCUT2D eigenvalue weighted by molar-refractivity contribution is -0.132. The van der Waals surface area contributed by atoms with Crippen LogP contribution in [-0.4, -0.2) is 16.8 Å². The molecule has 2 aliphatic rings. The molecule has 3 aromatic rings. The molecule has 1 atom stereocenters. The minimum Gasteiger partial charge on any atom is -0.423 e.